The zero-order chi connectivity index (χ0) is 24.8. The lowest BCUT2D eigenvalue weighted by atomic mass is 10.2. The van der Waals surface area contributed by atoms with Crippen molar-refractivity contribution in [3.63, 3.8) is 0 Å². The van der Waals surface area contributed by atoms with E-state index in [4.69, 9.17) is 20.8 Å². The van der Waals surface area contributed by atoms with Crippen molar-refractivity contribution in [2.45, 2.75) is 19.4 Å². The zero-order valence-electron chi connectivity index (χ0n) is 19.5. The van der Waals surface area contributed by atoms with Crippen LogP contribution < -0.4 is 5.69 Å². The number of likely N-dealkylation sites (N-methyl/N-ethyl adjacent to an activating group) is 1. The minimum absolute atomic E-state index is 0.192. The standard InChI is InChI=1S/C24H28ClN5O5/c1-27-11-13-28(14-12-27)24(33)34-15-3-2-10-29-22(31)17-30(23(29)32)26-16-20-8-9-21(35-20)18-4-6-19(25)7-5-18/h4-9,16-17,31H,2-3,10-15H2,1H3. The molecule has 4 rings (SSSR count). The molecule has 0 spiro atoms. The molecule has 1 saturated heterocycles. The Hall–Kier alpha value is -3.50. The number of rotatable bonds is 8. The van der Waals surface area contributed by atoms with Gasteiger partial charge in [-0.25, -0.2) is 9.59 Å². The molecule has 1 amide bonds. The fraction of sp³-hybridized carbons (Fsp3) is 0.375. The lowest BCUT2D eigenvalue weighted by Crippen LogP contribution is -2.47. The highest BCUT2D eigenvalue weighted by Gasteiger charge is 2.20. The Balaban J connectivity index is 1.27. The van der Waals surface area contributed by atoms with E-state index in [1.807, 2.05) is 19.2 Å². The van der Waals surface area contributed by atoms with Gasteiger partial charge in [-0.3, -0.25) is 4.57 Å². The number of imidazole rings is 1. The Kier molecular flexibility index (Phi) is 7.94. The van der Waals surface area contributed by atoms with Gasteiger partial charge in [0, 0.05) is 43.3 Å². The van der Waals surface area contributed by atoms with Crippen molar-refractivity contribution in [3.05, 3.63) is 63.9 Å². The summed E-state index contributed by atoms with van der Waals surface area (Å²) < 4.78 is 13.3. The van der Waals surface area contributed by atoms with Gasteiger partial charge in [0.25, 0.3) is 0 Å². The number of hydrogen-bond acceptors (Lipinski definition) is 7. The van der Waals surface area contributed by atoms with E-state index in [1.54, 1.807) is 29.2 Å². The van der Waals surface area contributed by atoms with Gasteiger partial charge in [-0.15, -0.1) is 0 Å². The third kappa shape index (κ3) is 6.34. The Morgan fingerprint density at radius 2 is 1.89 bits per heavy atom. The fourth-order valence-corrected chi connectivity index (χ4v) is 3.80. The maximum absolute atomic E-state index is 12.6. The van der Waals surface area contributed by atoms with Gasteiger partial charge in [-0.1, -0.05) is 11.6 Å². The first-order valence-electron chi connectivity index (χ1n) is 11.4. The highest BCUT2D eigenvalue weighted by atomic mass is 35.5. The van der Waals surface area contributed by atoms with E-state index >= 15 is 0 Å². The molecule has 0 aliphatic carbocycles. The summed E-state index contributed by atoms with van der Waals surface area (Å²) in [5.74, 6) is 0.906. The van der Waals surface area contributed by atoms with Crippen LogP contribution in [-0.2, 0) is 11.3 Å². The Bertz CT molecular complexity index is 1220. The number of ether oxygens (including phenoxy) is 1. The van der Waals surface area contributed by atoms with Gasteiger partial charge in [0.2, 0.25) is 5.88 Å². The molecular formula is C24H28ClN5O5. The van der Waals surface area contributed by atoms with Crippen LogP contribution in [0.4, 0.5) is 4.79 Å². The molecule has 0 atom stereocenters. The zero-order valence-corrected chi connectivity index (χ0v) is 20.2. The molecule has 186 valence electrons. The van der Waals surface area contributed by atoms with E-state index in [1.165, 1.54) is 17.0 Å². The minimum Gasteiger partial charge on any atom is -0.493 e. The number of piperazine rings is 1. The maximum atomic E-state index is 12.6. The highest BCUT2D eigenvalue weighted by molar-refractivity contribution is 6.30. The second kappa shape index (κ2) is 11.3. The van der Waals surface area contributed by atoms with Crippen molar-refractivity contribution in [2.24, 2.45) is 5.10 Å². The smallest absolute Gasteiger partial charge is 0.409 e. The molecule has 1 aliphatic rings. The summed E-state index contributed by atoms with van der Waals surface area (Å²) in [6.07, 6.45) is 3.47. The van der Waals surface area contributed by atoms with Gasteiger partial charge >= 0.3 is 11.8 Å². The molecule has 0 unspecified atom stereocenters. The monoisotopic (exact) mass is 501 g/mol. The number of hydrogen-bond donors (Lipinski definition) is 1. The predicted octanol–water partition coefficient (Wildman–Crippen LogP) is 3.32. The van der Waals surface area contributed by atoms with E-state index in [2.05, 4.69) is 10.0 Å². The molecule has 1 N–H and O–H groups in total. The molecule has 3 aromatic rings. The Morgan fingerprint density at radius 3 is 2.63 bits per heavy atom. The number of aromatic nitrogens is 2. The van der Waals surface area contributed by atoms with Gasteiger partial charge in [0.1, 0.15) is 11.5 Å². The second-order valence-electron chi connectivity index (χ2n) is 8.33. The van der Waals surface area contributed by atoms with Crippen molar-refractivity contribution in [2.75, 3.05) is 39.8 Å². The number of nitrogens with zero attached hydrogens (tertiary/aromatic N) is 5. The summed E-state index contributed by atoms with van der Waals surface area (Å²) in [7, 11) is 2.02. The van der Waals surface area contributed by atoms with Crippen LogP contribution in [0.15, 0.2) is 56.9 Å². The number of carbonyl (C=O) groups is 1. The van der Waals surface area contributed by atoms with Gasteiger partial charge in [-0.2, -0.15) is 9.78 Å². The third-order valence-corrected chi connectivity index (χ3v) is 6.02. The molecule has 1 aliphatic heterocycles. The van der Waals surface area contributed by atoms with E-state index in [-0.39, 0.29) is 25.1 Å². The minimum atomic E-state index is -0.474. The van der Waals surface area contributed by atoms with Gasteiger partial charge in [-0.05, 0) is 56.3 Å². The SMILES string of the molecule is CN1CCN(C(=O)OCCCCn2c(O)cn(N=Cc3ccc(-c4ccc(Cl)cc4)o3)c2=O)CC1. The first-order chi connectivity index (χ1) is 16.9. The van der Waals surface area contributed by atoms with Crippen molar-refractivity contribution in [3.8, 4) is 17.2 Å². The average molecular weight is 502 g/mol. The Morgan fingerprint density at radius 1 is 1.14 bits per heavy atom. The second-order valence-corrected chi connectivity index (χ2v) is 8.77. The molecule has 10 nitrogen and oxygen atoms in total. The molecular weight excluding hydrogens is 474 g/mol. The number of carbonyl (C=O) groups excluding carboxylic acids is 1. The molecule has 3 heterocycles. The Labute approximate surface area is 207 Å². The van der Waals surface area contributed by atoms with E-state index < -0.39 is 5.69 Å². The molecule has 1 aromatic carbocycles. The van der Waals surface area contributed by atoms with Gasteiger partial charge < -0.3 is 24.1 Å². The molecule has 2 aromatic heterocycles. The summed E-state index contributed by atoms with van der Waals surface area (Å²) >= 11 is 5.92. The lowest BCUT2D eigenvalue weighted by molar-refractivity contribution is 0.0804. The molecule has 0 bridgehead atoms. The number of unbranched alkanes of at least 4 members (excludes halogenated alkanes) is 1. The summed E-state index contributed by atoms with van der Waals surface area (Å²) in [6, 6.07) is 10.8. The van der Waals surface area contributed by atoms with Crippen LogP contribution in [0, 0.1) is 0 Å². The van der Waals surface area contributed by atoms with E-state index in [0.29, 0.717) is 42.5 Å². The van der Waals surface area contributed by atoms with Crippen LogP contribution in [-0.4, -0.2) is 76.3 Å². The van der Waals surface area contributed by atoms with Crippen LogP contribution in [0.1, 0.15) is 18.6 Å². The highest BCUT2D eigenvalue weighted by Crippen LogP contribution is 2.23. The van der Waals surface area contributed by atoms with Crippen LogP contribution >= 0.6 is 11.6 Å². The molecule has 11 heteroatoms. The fourth-order valence-electron chi connectivity index (χ4n) is 3.67. The van der Waals surface area contributed by atoms with Crippen molar-refractivity contribution in [1.82, 2.24) is 19.0 Å². The van der Waals surface area contributed by atoms with Crippen molar-refractivity contribution >= 4 is 23.9 Å². The van der Waals surface area contributed by atoms with Crippen LogP contribution in [0.2, 0.25) is 5.02 Å². The topological polar surface area (TPSA) is 105 Å². The quantitative estimate of drug-likeness (QED) is 0.375. The summed E-state index contributed by atoms with van der Waals surface area (Å²) in [6.45, 7) is 3.52. The first kappa shape index (κ1) is 24.6. The van der Waals surface area contributed by atoms with Crippen LogP contribution in [0.3, 0.4) is 0 Å². The van der Waals surface area contributed by atoms with E-state index in [9.17, 15) is 14.7 Å². The normalized spacial score (nSPS) is 14.6. The van der Waals surface area contributed by atoms with Crippen LogP contribution in [0.25, 0.3) is 11.3 Å². The van der Waals surface area contributed by atoms with Crippen molar-refractivity contribution < 1.29 is 19.1 Å². The lowest BCUT2D eigenvalue weighted by Gasteiger charge is -2.31. The number of halogens is 1. The number of amides is 1. The predicted molar refractivity (Wildman–Crippen MR) is 132 cm³/mol. The van der Waals surface area contributed by atoms with Crippen molar-refractivity contribution in [1.29, 1.82) is 0 Å². The summed E-state index contributed by atoms with van der Waals surface area (Å²) in [4.78, 5) is 28.5. The van der Waals surface area contributed by atoms with E-state index in [0.717, 1.165) is 23.3 Å². The van der Waals surface area contributed by atoms with Gasteiger partial charge in [0.05, 0.1) is 19.0 Å². The summed E-state index contributed by atoms with van der Waals surface area (Å²) in [5, 5.41) is 14.9. The number of furan rings is 1. The first-order valence-corrected chi connectivity index (χ1v) is 11.8. The third-order valence-electron chi connectivity index (χ3n) is 5.77. The number of aromatic hydroxyl groups is 1. The molecule has 1 fully saturated rings. The molecule has 0 saturated carbocycles. The summed E-state index contributed by atoms with van der Waals surface area (Å²) in [5.41, 5.74) is 0.391. The van der Waals surface area contributed by atoms with Gasteiger partial charge in [0.15, 0.2) is 0 Å². The average Bonchev–Trinajstić information content (AvgIpc) is 3.43. The maximum Gasteiger partial charge on any atom is 0.409 e. The number of benzene rings is 1. The molecule has 35 heavy (non-hydrogen) atoms. The van der Waals surface area contributed by atoms with Crippen LogP contribution in [0.5, 0.6) is 5.88 Å². The molecule has 0 radical (unpaired) electrons. The largest absolute Gasteiger partial charge is 0.493 e.